The summed E-state index contributed by atoms with van der Waals surface area (Å²) in [6, 6.07) is 6.75. The standard InChI is InChI=1S/C19H29NO/c1-19(2,3)16-7-4-13(5-8-16)18(20)15-6-9-17-14(12-15)10-11-21-17/h6,9,12-13,16,18H,4-5,7-8,10-11,20H2,1-3H3. The van der Waals surface area contributed by atoms with Crippen LogP contribution in [0.1, 0.15) is 63.6 Å². The van der Waals surface area contributed by atoms with Crippen molar-refractivity contribution in [1.29, 1.82) is 0 Å². The lowest BCUT2D eigenvalue weighted by Gasteiger charge is -2.38. The zero-order chi connectivity index (χ0) is 15.0. The molecule has 0 bridgehead atoms. The predicted octanol–water partition coefficient (Wildman–Crippen LogP) is 4.47. The molecular weight excluding hydrogens is 258 g/mol. The molecule has 1 aromatic rings. The van der Waals surface area contributed by atoms with Crippen molar-refractivity contribution in [3.8, 4) is 5.75 Å². The van der Waals surface area contributed by atoms with E-state index in [4.69, 9.17) is 10.5 Å². The van der Waals surface area contributed by atoms with E-state index in [1.807, 2.05) is 0 Å². The van der Waals surface area contributed by atoms with Gasteiger partial charge >= 0.3 is 0 Å². The fourth-order valence-electron chi connectivity index (χ4n) is 4.03. The van der Waals surface area contributed by atoms with Crippen molar-refractivity contribution in [1.82, 2.24) is 0 Å². The van der Waals surface area contributed by atoms with Crippen LogP contribution in [0.4, 0.5) is 0 Å². The van der Waals surface area contributed by atoms with Gasteiger partial charge in [0.15, 0.2) is 0 Å². The van der Waals surface area contributed by atoms with Gasteiger partial charge in [-0.25, -0.2) is 0 Å². The Kier molecular flexibility index (Phi) is 4.00. The molecule has 1 heterocycles. The van der Waals surface area contributed by atoms with Crippen LogP contribution in [0.5, 0.6) is 5.75 Å². The Labute approximate surface area is 129 Å². The molecule has 1 unspecified atom stereocenters. The highest BCUT2D eigenvalue weighted by Gasteiger charge is 2.32. The molecule has 1 aromatic carbocycles. The Bertz CT molecular complexity index is 495. The SMILES string of the molecule is CC(C)(C)C1CCC(C(N)c2ccc3c(c2)CCO3)CC1. The van der Waals surface area contributed by atoms with Crippen molar-refractivity contribution in [3.63, 3.8) is 0 Å². The van der Waals surface area contributed by atoms with Gasteiger partial charge in [-0.2, -0.15) is 0 Å². The minimum atomic E-state index is 0.191. The Morgan fingerprint density at radius 3 is 2.52 bits per heavy atom. The molecule has 1 aliphatic heterocycles. The van der Waals surface area contributed by atoms with Gasteiger partial charge in [0.1, 0.15) is 5.75 Å². The van der Waals surface area contributed by atoms with Gasteiger partial charge in [0.05, 0.1) is 6.61 Å². The molecule has 0 radical (unpaired) electrons. The first-order valence-corrected chi connectivity index (χ1v) is 8.46. The molecule has 116 valence electrons. The van der Waals surface area contributed by atoms with Gasteiger partial charge in [0.2, 0.25) is 0 Å². The first-order valence-electron chi connectivity index (χ1n) is 8.46. The maximum atomic E-state index is 6.58. The van der Waals surface area contributed by atoms with Crippen LogP contribution in [0.25, 0.3) is 0 Å². The molecule has 2 heteroatoms. The molecular formula is C19H29NO. The fraction of sp³-hybridized carbons (Fsp3) is 0.684. The van der Waals surface area contributed by atoms with E-state index in [2.05, 4.69) is 39.0 Å². The zero-order valence-corrected chi connectivity index (χ0v) is 13.7. The molecule has 2 nitrogen and oxygen atoms in total. The monoisotopic (exact) mass is 287 g/mol. The molecule has 0 amide bonds. The van der Waals surface area contributed by atoms with Gasteiger partial charge in [-0.05, 0) is 60.1 Å². The number of hydrogen-bond acceptors (Lipinski definition) is 2. The number of hydrogen-bond donors (Lipinski definition) is 1. The number of rotatable bonds is 2. The van der Waals surface area contributed by atoms with E-state index >= 15 is 0 Å². The Morgan fingerprint density at radius 2 is 1.86 bits per heavy atom. The van der Waals surface area contributed by atoms with E-state index in [1.54, 1.807) is 0 Å². The summed E-state index contributed by atoms with van der Waals surface area (Å²) in [6.07, 6.45) is 6.24. The minimum absolute atomic E-state index is 0.191. The van der Waals surface area contributed by atoms with Crippen molar-refractivity contribution >= 4 is 0 Å². The normalized spacial score (nSPS) is 27.0. The van der Waals surface area contributed by atoms with Crippen molar-refractivity contribution in [2.45, 2.75) is 58.9 Å². The summed E-state index contributed by atoms with van der Waals surface area (Å²) in [5.74, 6) is 2.56. The van der Waals surface area contributed by atoms with Gasteiger partial charge in [-0.15, -0.1) is 0 Å². The van der Waals surface area contributed by atoms with E-state index in [0.29, 0.717) is 11.3 Å². The molecule has 0 spiro atoms. The average molecular weight is 287 g/mol. The van der Waals surface area contributed by atoms with Crippen LogP contribution in [0.3, 0.4) is 0 Å². The summed E-state index contributed by atoms with van der Waals surface area (Å²) in [7, 11) is 0. The topological polar surface area (TPSA) is 35.2 Å². The van der Waals surface area contributed by atoms with Crippen molar-refractivity contribution < 1.29 is 4.74 Å². The van der Waals surface area contributed by atoms with Crippen LogP contribution in [-0.2, 0) is 6.42 Å². The average Bonchev–Trinajstić information content (AvgIpc) is 2.93. The molecule has 1 atom stereocenters. The maximum Gasteiger partial charge on any atom is 0.122 e. The van der Waals surface area contributed by atoms with Crippen LogP contribution in [0.2, 0.25) is 0 Å². The van der Waals surface area contributed by atoms with Crippen LogP contribution in [0, 0.1) is 17.3 Å². The van der Waals surface area contributed by atoms with E-state index in [0.717, 1.165) is 24.7 Å². The van der Waals surface area contributed by atoms with Crippen LogP contribution in [0.15, 0.2) is 18.2 Å². The van der Waals surface area contributed by atoms with Gasteiger partial charge in [0.25, 0.3) is 0 Å². The van der Waals surface area contributed by atoms with Gasteiger partial charge in [-0.1, -0.05) is 32.9 Å². The molecule has 0 saturated heterocycles. The summed E-state index contributed by atoms with van der Waals surface area (Å²) in [6.45, 7) is 7.94. The van der Waals surface area contributed by atoms with Crippen LogP contribution >= 0.6 is 0 Å². The van der Waals surface area contributed by atoms with Crippen LogP contribution in [-0.4, -0.2) is 6.61 Å². The third kappa shape index (κ3) is 3.11. The number of ether oxygens (including phenoxy) is 1. The Hall–Kier alpha value is -1.02. The van der Waals surface area contributed by atoms with E-state index in [9.17, 15) is 0 Å². The van der Waals surface area contributed by atoms with Crippen molar-refractivity contribution in [2.75, 3.05) is 6.61 Å². The smallest absolute Gasteiger partial charge is 0.122 e. The third-order valence-corrected chi connectivity index (χ3v) is 5.60. The predicted molar refractivity (Wildman–Crippen MR) is 87.5 cm³/mol. The molecule has 0 aromatic heterocycles. The lowest BCUT2D eigenvalue weighted by Crippen LogP contribution is -2.30. The third-order valence-electron chi connectivity index (χ3n) is 5.60. The molecule has 21 heavy (non-hydrogen) atoms. The maximum absolute atomic E-state index is 6.58. The number of benzene rings is 1. The lowest BCUT2D eigenvalue weighted by atomic mass is 9.68. The van der Waals surface area contributed by atoms with Gasteiger partial charge in [0, 0.05) is 12.5 Å². The molecule has 3 rings (SSSR count). The first kappa shape index (κ1) is 14.9. The molecule has 1 fully saturated rings. The summed E-state index contributed by atoms with van der Waals surface area (Å²) < 4.78 is 5.59. The highest BCUT2D eigenvalue weighted by Crippen LogP contribution is 2.43. The van der Waals surface area contributed by atoms with Crippen LogP contribution < -0.4 is 10.5 Å². The Morgan fingerprint density at radius 1 is 1.14 bits per heavy atom. The molecule has 1 aliphatic carbocycles. The van der Waals surface area contributed by atoms with E-state index in [-0.39, 0.29) is 6.04 Å². The second kappa shape index (κ2) is 5.64. The molecule has 2 N–H and O–H groups in total. The number of nitrogens with two attached hydrogens (primary N) is 1. The second-order valence-electron chi connectivity index (χ2n) is 7.97. The summed E-state index contributed by atoms with van der Waals surface area (Å²) in [5.41, 5.74) is 9.67. The molecule has 2 aliphatic rings. The van der Waals surface area contributed by atoms with E-state index < -0.39 is 0 Å². The first-order chi connectivity index (χ1) is 9.95. The quantitative estimate of drug-likeness (QED) is 0.870. The van der Waals surface area contributed by atoms with Crippen molar-refractivity contribution in [2.24, 2.45) is 23.0 Å². The minimum Gasteiger partial charge on any atom is -0.493 e. The van der Waals surface area contributed by atoms with Crippen molar-refractivity contribution in [3.05, 3.63) is 29.3 Å². The summed E-state index contributed by atoms with van der Waals surface area (Å²) in [5, 5.41) is 0. The van der Waals surface area contributed by atoms with Gasteiger partial charge < -0.3 is 10.5 Å². The summed E-state index contributed by atoms with van der Waals surface area (Å²) in [4.78, 5) is 0. The zero-order valence-electron chi connectivity index (χ0n) is 13.7. The second-order valence-corrected chi connectivity index (χ2v) is 7.97. The largest absolute Gasteiger partial charge is 0.493 e. The summed E-state index contributed by atoms with van der Waals surface area (Å²) >= 11 is 0. The Balaban J connectivity index is 1.65. The highest BCUT2D eigenvalue weighted by atomic mass is 16.5. The lowest BCUT2D eigenvalue weighted by molar-refractivity contribution is 0.139. The molecule has 1 saturated carbocycles. The number of fused-ring (bicyclic) bond motifs is 1. The van der Waals surface area contributed by atoms with Gasteiger partial charge in [-0.3, -0.25) is 0 Å². The fourth-order valence-corrected chi connectivity index (χ4v) is 4.03. The van der Waals surface area contributed by atoms with E-state index in [1.165, 1.54) is 36.8 Å². The highest BCUT2D eigenvalue weighted by molar-refractivity contribution is 5.40.